The Kier molecular flexibility index (Phi) is 8.84. The maximum atomic E-state index is 14.1. The minimum atomic E-state index is -0.307. The smallest absolute Gasteiger partial charge is 0.234 e. The number of pyridine rings is 1. The number of thiazole rings is 1. The molecule has 5 rings (SSSR count). The fourth-order valence-corrected chi connectivity index (χ4v) is 5.71. The summed E-state index contributed by atoms with van der Waals surface area (Å²) in [5.74, 6) is 0.297. The van der Waals surface area contributed by atoms with Gasteiger partial charge in [0.25, 0.3) is 0 Å². The van der Waals surface area contributed by atoms with E-state index >= 15 is 0 Å². The molecular formula is C29H34ClN5O2S. The highest BCUT2D eigenvalue weighted by atomic mass is 35.5. The molecule has 0 aliphatic heterocycles. The number of carbonyl (C=O) groups excluding carboxylic acids is 1. The molecule has 0 spiro atoms. The van der Waals surface area contributed by atoms with E-state index in [0.29, 0.717) is 19.0 Å². The largest absolute Gasteiger partial charge is 0.508 e. The van der Waals surface area contributed by atoms with Crippen molar-refractivity contribution in [2.75, 3.05) is 4.90 Å². The summed E-state index contributed by atoms with van der Waals surface area (Å²) in [4.78, 5) is 25.2. The number of nitrogens with zero attached hydrogens (tertiary/aromatic N) is 5. The van der Waals surface area contributed by atoms with Crippen molar-refractivity contribution in [1.29, 1.82) is 0 Å². The predicted molar refractivity (Wildman–Crippen MR) is 153 cm³/mol. The lowest BCUT2D eigenvalue weighted by Gasteiger charge is -2.31. The van der Waals surface area contributed by atoms with E-state index in [-0.39, 0.29) is 30.0 Å². The third-order valence-corrected chi connectivity index (χ3v) is 8.02. The van der Waals surface area contributed by atoms with E-state index < -0.39 is 0 Å². The Morgan fingerprint density at radius 2 is 2.08 bits per heavy atom. The fourth-order valence-electron chi connectivity index (χ4n) is 4.98. The first-order valence-electron chi connectivity index (χ1n) is 13.0. The van der Waals surface area contributed by atoms with Crippen LogP contribution in [-0.2, 0) is 30.7 Å². The van der Waals surface area contributed by atoms with Gasteiger partial charge in [-0.15, -0.1) is 23.7 Å². The van der Waals surface area contributed by atoms with Gasteiger partial charge in [0.1, 0.15) is 5.75 Å². The molecule has 3 heterocycles. The Hall–Kier alpha value is -3.23. The molecule has 3 aromatic heterocycles. The van der Waals surface area contributed by atoms with Gasteiger partial charge < -0.3 is 10.0 Å². The Labute approximate surface area is 234 Å². The third-order valence-electron chi connectivity index (χ3n) is 6.97. The van der Waals surface area contributed by atoms with Crippen LogP contribution in [0.1, 0.15) is 78.5 Å². The van der Waals surface area contributed by atoms with Gasteiger partial charge >= 0.3 is 0 Å². The van der Waals surface area contributed by atoms with Crippen molar-refractivity contribution in [3.05, 3.63) is 87.4 Å². The molecule has 4 aromatic rings. The first kappa shape index (κ1) is 27.8. The molecule has 0 fully saturated rings. The van der Waals surface area contributed by atoms with E-state index in [0.717, 1.165) is 64.5 Å². The Bertz CT molecular complexity index is 1380. The maximum Gasteiger partial charge on any atom is 0.234 e. The highest BCUT2D eigenvalue weighted by Crippen LogP contribution is 2.38. The standard InChI is InChI=1S/C29H33N5O2S.ClH/c1-4-28-32-21(18-37-28)17-33-15-20(13-31-33)16-34(22-11-12-26(19(2)3)30-14-22)29(36)25-9-5-8-24-23(25)7-6-10-27(24)35;/h6-7,10-15,18-19,25,35H,4-5,8-9,16-17H2,1-3H3;1H. The second kappa shape index (κ2) is 12.1. The number of hydrogen-bond acceptors (Lipinski definition) is 6. The number of aryl methyl sites for hydroxylation is 1. The number of benzene rings is 1. The number of phenols is 1. The van der Waals surface area contributed by atoms with E-state index in [2.05, 4.69) is 41.2 Å². The van der Waals surface area contributed by atoms with Crippen LogP contribution in [0.15, 0.2) is 54.3 Å². The number of amides is 1. The molecule has 1 aromatic carbocycles. The van der Waals surface area contributed by atoms with Crippen LogP contribution in [0.3, 0.4) is 0 Å². The van der Waals surface area contributed by atoms with Crippen molar-refractivity contribution in [2.45, 2.75) is 71.4 Å². The Balaban J connectivity index is 0.00000336. The average Bonchev–Trinajstić information content (AvgIpc) is 3.56. The second-order valence-corrected chi connectivity index (χ2v) is 10.9. The summed E-state index contributed by atoms with van der Waals surface area (Å²) in [6.07, 6.45) is 8.95. The summed E-state index contributed by atoms with van der Waals surface area (Å²) in [6, 6.07) is 9.50. The average molecular weight is 552 g/mol. The van der Waals surface area contributed by atoms with Gasteiger partial charge in [-0.1, -0.05) is 32.9 Å². The summed E-state index contributed by atoms with van der Waals surface area (Å²) in [6.45, 7) is 7.32. The van der Waals surface area contributed by atoms with E-state index in [1.807, 2.05) is 46.2 Å². The zero-order valence-electron chi connectivity index (χ0n) is 22.0. The van der Waals surface area contributed by atoms with Gasteiger partial charge in [0, 0.05) is 22.8 Å². The van der Waals surface area contributed by atoms with Gasteiger partial charge in [0.2, 0.25) is 5.91 Å². The van der Waals surface area contributed by atoms with E-state index in [4.69, 9.17) is 0 Å². The number of rotatable bonds is 8. The normalized spacial score (nSPS) is 14.7. The van der Waals surface area contributed by atoms with Crippen LogP contribution in [-0.4, -0.2) is 30.8 Å². The van der Waals surface area contributed by atoms with Gasteiger partial charge in [-0.3, -0.25) is 14.5 Å². The minimum absolute atomic E-state index is 0. The molecule has 0 saturated carbocycles. The zero-order chi connectivity index (χ0) is 25.9. The lowest BCUT2D eigenvalue weighted by atomic mass is 9.81. The van der Waals surface area contributed by atoms with Crippen LogP contribution in [0.2, 0.25) is 0 Å². The number of hydrogen-bond donors (Lipinski definition) is 1. The molecule has 0 bridgehead atoms. The summed E-state index contributed by atoms with van der Waals surface area (Å²) in [5.41, 5.74) is 5.52. The number of fused-ring (bicyclic) bond motifs is 1. The van der Waals surface area contributed by atoms with Crippen LogP contribution < -0.4 is 4.90 Å². The predicted octanol–water partition coefficient (Wildman–Crippen LogP) is 6.25. The van der Waals surface area contributed by atoms with Crippen molar-refractivity contribution in [1.82, 2.24) is 19.7 Å². The molecular weight excluding hydrogens is 518 g/mol. The first-order valence-corrected chi connectivity index (χ1v) is 13.8. The summed E-state index contributed by atoms with van der Waals surface area (Å²) in [7, 11) is 0. The molecule has 7 nitrogen and oxygen atoms in total. The summed E-state index contributed by atoms with van der Waals surface area (Å²) >= 11 is 1.67. The van der Waals surface area contributed by atoms with Crippen LogP contribution in [0.25, 0.3) is 0 Å². The molecule has 1 N–H and O–H groups in total. The molecule has 38 heavy (non-hydrogen) atoms. The van der Waals surface area contributed by atoms with Crippen LogP contribution in [0.5, 0.6) is 5.75 Å². The summed E-state index contributed by atoms with van der Waals surface area (Å²) < 4.78 is 1.88. The van der Waals surface area contributed by atoms with Crippen molar-refractivity contribution in [3.8, 4) is 5.75 Å². The van der Waals surface area contributed by atoms with E-state index in [1.165, 1.54) is 0 Å². The van der Waals surface area contributed by atoms with E-state index in [1.54, 1.807) is 23.6 Å². The molecule has 1 amide bonds. The van der Waals surface area contributed by atoms with Crippen molar-refractivity contribution in [3.63, 3.8) is 0 Å². The van der Waals surface area contributed by atoms with Crippen LogP contribution in [0, 0.1) is 0 Å². The minimum Gasteiger partial charge on any atom is -0.508 e. The van der Waals surface area contributed by atoms with Gasteiger partial charge in [-0.05, 0) is 60.9 Å². The molecule has 1 atom stereocenters. The number of anilines is 1. The van der Waals surface area contributed by atoms with Gasteiger partial charge in [0.05, 0.1) is 47.8 Å². The maximum absolute atomic E-state index is 14.1. The lowest BCUT2D eigenvalue weighted by molar-refractivity contribution is -0.120. The molecule has 0 saturated heterocycles. The number of phenolic OH excluding ortho intramolecular Hbond substituents is 1. The van der Waals surface area contributed by atoms with Crippen molar-refractivity contribution < 1.29 is 9.90 Å². The highest BCUT2D eigenvalue weighted by molar-refractivity contribution is 7.09. The fraction of sp³-hybridized carbons (Fsp3) is 0.379. The molecule has 1 unspecified atom stereocenters. The monoisotopic (exact) mass is 551 g/mol. The lowest BCUT2D eigenvalue weighted by Crippen LogP contribution is -2.36. The molecule has 0 radical (unpaired) electrons. The van der Waals surface area contributed by atoms with Gasteiger partial charge in [-0.25, -0.2) is 4.98 Å². The quantitative estimate of drug-likeness (QED) is 0.280. The Morgan fingerprint density at radius 3 is 2.79 bits per heavy atom. The topological polar surface area (TPSA) is 84.1 Å². The third kappa shape index (κ3) is 5.92. The molecule has 1 aliphatic carbocycles. The van der Waals surface area contributed by atoms with Crippen LogP contribution in [0.4, 0.5) is 5.69 Å². The van der Waals surface area contributed by atoms with Crippen LogP contribution >= 0.6 is 23.7 Å². The first-order chi connectivity index (χ1) is 17.9. The van der Waals surface area contributed by atoms with Gasteiger partial charge in [0.15, 0.2) is 0 Å². The molecule has 1 aliphatic rings. The molecule has 200 valence electrons. The van der Waals surface area contributed by atoms with Crippen molar-refractivity contribution >= 4 is 35.3 Å². The Morgan fingerprint density at radius 1 is 1.24 bits per heavy atom. The van der Waals surface area contributed by atoms with Crippen molar-refractivity contribution in [2.24, 2.45) is 0 Å². The number of carbonyl (C=O) groups is 1. The zero-order valence-corrected chi connectivity index (χ0v) is 23.6. The number of aromatic nitrogens is 4. The molecule has 9 heteroatoms. The highest BCUT2D eigenvalue weighted by Gasteiger charge is 2.32. The number of halogens is 1. The summed E-state index contributed by atoms with van der Waals surface area (Å²) in [5, 5.41) is 18.2. The van der Waals surface area contributed by atoms with E-state index in [9.17, 15) is 9.90 Å². The van der Waals surface area contributed by atoms with Gasteiger partial charge in [-0.2, -0.15) is 5.10 Å². The second-order valence-electron chi connectivity index (χ2n) is 9.94. The number of aromatic hydroxyl groups is 1. The SMILES string of the molecule is CCc1nc(Cn2cc(CN(C(=O)C3CCCc4c(O)cccc43)c3ccc(C(C)C)nc3)cn2)cs1.Cl.